The van der Waals surface area contributed by atoms with E-state index in [2.05, 4.69) is 36.9 Å². The molecular weight excluding hydrogens is 907 g/mol. The molecule has 26 heteroatoms. The Bertz CT molecular complexity index is 1910. The van der Waals surface area contributed by atoms with E-state index in [-0.39, 0.29) is 70.2 Å². The summed E-state index contributed by atoms with van der Waals surface area (Å²) in [6.45, 7) is 8.55. The Morgan fingerprint density at radius 1 is 0.638 bits per heavy atom. The molecule has 0 spiro atoms. The van der Waals surface area contributed by atoms with Crippen molar-refractivity contribution in [3.8, 4) is 0 Å². The molecule has 0 aromatic carbocycles. The van der Waals surface area contributed by atoms with E-state index in [0.29, 0.717) is 25.7 Å². The number of hydrogen-bond acceptors (Lipinski definition) is 14. The fourth-order valence-corrected chi connectivity index (χ4v) is 8.45. The second-order valence-corrected chi connectivity index (χ2v) is 18.0. The summed E-state index contributed by atoms with van der Waals surface area (Å²) >= 11 is 0. The van der Waals surface area contributed by atoms with E-state index in [1.165, 1.54) is 42.4 Å². The Kier molecular flexibility index (Phi) is 22.0. The molecule has 9 amide bonds. The highest BCUT2D eigenvalue weighted by molar-refractivity contribution is 5.99. The number of nitrogens with one attached hydrogen (secondary N) is 6. The Labute approximate surface area is 401 Å². The van der Waals surface area contributed by atoms with Crippen LogP contribution in [-0.4, -0.2) is 194 Å². The fourth-order valence-electron chi connectivity index (χ4n) is 8.45. The van der Waals surface area contributed by atoms with Gasteiger partial charge in [0.2, 0.25) is 53.2 Å². The number of nitrogens with zero attached hydrogens (tertiary/aromatic N) is 4. The molecule has 12 atom stereocenters. The molecule has 69 heavy (non-hydrogen) atoms. The summed E-state index contributed by atoms with van der Waals surface area (Å²) in [4.78, 5) is 140. The lowest BCUT2D eigenvalue weighted by Crippen LogP contribution is -2.61. The van der Waals surface area contributed by atoms with E-state index in [0.717, 1.165) is 0 Å². The lowest BCUT2D eigenvalue weighted by Gasteiger charge is -2.33. The molecule has 0 aliphatic carbocycles. The monoisotopic (exact) mass is 980 g/mol. The topological polar surface area (TPSA) is 404 Å². The van der Waals surface area contributed by atoms with Gasteiger partial charge in [0.1, 0.15) is 54.4 Å². The minimum Gasteiger partial charge on any atom is -0.480 e. The fraction of sp³-hybridized carbons (Fsp3) is 0.744. The van der Waals surface area contributed by atoms with Crippen molar-refractivity contribution in [2.75, 3.05) is 32.8 Å². The number of carboxylic acids is 1. The summed E-state index contributed by atoms with van der Waals surface area (Å²) in [6, 6.07) is -12.0. The van der Waals surface area contributed by atoms with Crippen LogP contribution in [0.4, 0.5) is 0 Å². The highest BCUT2D eigenvalue weighted by Crippen LogP contribution is 2.26. The van der Waals surface area contributed by atoms with E-state index in [4.69, 9.17) is 17.2 Å². The molecule has 3 rings (SSSR count). The van der Waals surface area contributed by atoms with Crippen molar-refractivity contribution < 1.29 is 63.3 Å². The molecule has 3 aliphatic rings. The average molecular weight is 980 g/mol. The number of aliphatic hydroxyl groups excluding tert-OH is 2. The smallest absolute Gasteiger partial charge is 0.326 e. The maximum Gasteiger partial charge on any atom is 0.326 e. The maximum atomic E-state index is 14.1. The molecule has 3 saturated heterocycles. The van der Waals surface area contributed by atoms with Crippen LogP contribution in [-0.2, 0) is 47.9 Å². The number of carboxylic acid groups (broad SMARTS) is 1. The standard InChI is InChI=1S/C43H73N13O13/c1-7-21(2)31(42(68)69)52-37(63)29-14-9-17-54(29)39(65)23(4)48-35(61)27(20-57)51-36(62)28-13-10-18-55(28)41(67)30-15-11-19-56(30)40(66)24(5)49-38(64)32(25(6)58)53-34(60)26(50-33(59)22(3)44)12-8-16-47-43(45)46/h21-32,57-58H,7-20,44H2,1-6H3,(H,48,61)(H,49,64)(H,50,59)(H,51,62)(H,52,63)(H,53,60)(H,68,69)(H4,45,46,47)/t21-,22-,23-,24-,25+,26-,27-,28-,29-,30-,31-,32-/m0/s1. The van der Waals surface area contributed by atoms with Crippen LogP contribution >= 0.6 is 0 Å². The zero-order chi connectivity index (χ0) is 51.9. The summed E-state index contributed by atoms with van der Waals surface area (Å²) in [5.74, 6) is -8.34. The SMILES string of the molecule is CC[C@H](C)[C@H](NC(=O)[C@@H]1CCCN1C(=O)[C@H](C)NC(=O)[C@H](CO)NC(=O)[C@@H]1CCCN1C(=O)[C@@H]1CCCN1C(=O)[C@H](C)NC(=O)[C@@H](NC(=O)[C@H](CCCN=C(N)N)NC(=O)[C@H](C)N)[C@@H](C)O)C(=O)O. The molecule has 388 valence electrons. The van der Waals surface area contributed by atoms with E-state index < -0.39 is 132 Å². The predicted molar refractivity (Wildman–Crippen MR) is 247 cm³/mol. The van der Waals surface area contributed by atoms with Crippen LogP contribution in [0.5, 0.6) is 0 Å². The predicted octanol–water partition coefficient (Wildman–Crippen LogP) is -5.19. The first-order chi connectivity index (χ1) is 32.4. The van der Waals surface area contributed by atoms with E-state index in [9.17, 15) is 63.3 Å². The second-order valence-electron chi connectivity index (χ2n) is 18.0. The molecule has 0 radical (unpaired) electrons. The minimum atomic E-state index is -1.58. The zero-order valence-electron chi connectivity index (χ0n) is 40.3. The Balaban J connectivity index is 1.63. The third-order valence-corrected chi connectivity index (χ3v) is 12.6. The number of aliphatic imine (C=N–C) groups is 1. The number of aliphatic hydroxyl groups is 2. The maximum absolute atomic E-state index is 14.1. The van der Waals surface area contributed by atoms with E-state index in [1.807, 2.05) is 0 Å². The highest BCUT2D eigenvalue weighted by Gasteiger charge is 2.45. The number of hydrogen-bond donors (Lipinski definition) is 12. The van der Waals surface area contributed by atoms with Gasteiger partial charge in [-0.05, 0) is 85.0 Å². The lowest BCUT2D eigenvalue weighted by molar-refractivity contribution is -0.148. The van der Waals surface area contributed by atoms with Gasteiger partial charge in [0.25, 0.3) is 0 Å². The molecule has 0 unspecified atom stereocenters. The molecule has 15 N–H and O–H groups in total. The van der Waals surface area contributed by atoms with Crippen molar-refractivity contribution in [3.63, 3.8) is 0 Å². The summed E-state index contributed by atoms with van der Waals surface area (Å²) in [6.07, 6.45) is 1.25. The van der Waals surface area contributed by atoms with E-state index >= 15 is 0 Å². The second kappa shape index (κ2) is 26.6. The molecule has 3 heterocycles. The van der Waals surface area contributed by atoms with E-state index in [1.54, 1.807) is 13.8 Å². The van der Waals surface area contributed by atoms with Crippen molar-refractivity contribution in [3.05, 3.63) is 0 Å². The molecule has 3 fully saturated rings. The number of carbonyl (C=O) groups excluding carboxylic acids is 9. The normalized spacial score (nSPS) is 21.8. The summed E-state index contributed by atoms with van der Waals surface area (Å²) in [5.41, 5.74) is 16.4. The van der Waals surface area contributed by atoms with Gasteiger partial charge in [-0.25, -0.2) is 4.79 Å². The number of rotatable bonds is 24. The van der Waals surface area contributed by atoms with Gasteiger partial charge in [0, 0.05) is 26.2 Å². The van der Waals surface area contributed by atoms with Crippen LogP contribution in [0, 0.1) is 5.92 Å². The van der Waals surface area contributed by atoms with Gasteiger partial charge in [-0.3, -0.25) is 48.1 Å². The van der Waals surface area contributed by atoms with Gasteiger partial charge in [0.15, 0.2) is 5.96 Å². The number of amides is 9. The van der Waals surface area contributed by atoms with Crippen LogP contribution in [0.2, 0.25) is 0 Å². The minimum absolute atomic E-state index is 0.0372. The lowest BCUT2D eigenvalue weighted by atomic mass is 9.98. The van der Waals surface area contributed by atoms with Gasteiger partial charge < -0.3 is 79.1 Å². The molecule has 0 saturated carbocycles. The van der Waals surface area contributed by atoms with Gasteiger partial charge in [0.05, 0.1) is 18.8 Å². The zero-order valence-corrected chi connectivity index (χ0v) is 40.3. The first kappa shape index (κ1) is 57.2. The average Bonchev–Trinajstić information content (AvgIpc) is 4.10. The van der Waals surface area contributed by atoms with Gasteiger partial charge in [-0.1, -0.05) is 20.3 Å². The molecule has 3 aliphatic heterocycles. The van der Waals surface area contributed by atoms with Gasteiger partial charge >= 0.3 is 5.97 Å². The van der Waals surface area contributed by atoms with Gasteiger partial charge in [-0.2, -0.15) is 0 Å². The number of carbonyl (C=O) groups is 10. The molecule has 0 aromatic heterocycles. The van der Waals surface area contributed by atoms with Crippen molar-refractivity contribution in [1.29, 1.82) is 0 Å². The molecule has 26 nitrogen and oxygen atoms in total. The molecule has 0 aromatic rings. The Morgan fingerprint density at radius 3 is 1.64 bits per heavy atom. The molecule has 0 bridgehead atoms. The quantitative estimate of drug-likeness (QED) is 0.0244. The summed E-state index contributed by atoms with van der Waals surface area (Å²) in [5, 5.41) is 45.2. The van der Waals surface area contributed by atoms with Crippen LogP contribution in [0.1, 0.15) is 99.3 Å². The first-order valence-electron chi connectivity index (χ1n) is 23.5. The Hall–Kier alpha value is -6.15. The summed E-state index contributed by atoms with van der Waals surface area (Å²) < 4.78 is 0. The van der Waals surface area contributed by atoms with Crippen molar-refractivity contribution in [2.24, 2.45) is 28.1 Å². The summed E-state index contributed by atoms with van der Waals surface area (Å²) in [7, 11) is 0. The number of aliphatic carboxylic acids is 1. The number of likely N-dealkylation sites (tertiary alicyclic amines) is 3. The van der Waals surface area contributed by atoms with Crippen LogP contribution in [0.15, 0.2) is 4.99 Å². The van der Waals surface area contributed by atoms with Crippen LogP contribution < -0.4 is 49.1 Å². The van der Waals surface area contributed by atoms with Crippen molar-refractivity contribution >= 4 is 65.1 Å². The number of nitrogens with two attached hydrogens (primary N) is 3. The van der Waals surface area contributed by atoms with Crippen molar-refractivity contribution in [2.45, 2.75) is 166 Å². The van der Waals surface area contributed by atoms with Gasteiger partial charge in [-0.15, -0.1) is 0 Å². The largest absolute Gasteiger partial charge is 0.480 e. The third-order valence-electron chi connectivity index (χ3n) is 12.6. The Morgan fingerprint density at radius 2 is 1.13 bits per heavy atom. The van der Waals surface area contributed by atoms with Crippen LogP contribution in [0.25, 0.3) is 0 Å². The third kappa shape index (κ3) is 15.7. The first-order valence-corrected chi connectivity index (χ1v) is 23.5. The van der Waals surface area contributed by atoms with Crippen LogP contribution in [0.3, 0.4) is 0 Å². The molecular formula is C43H73N13O13. The number of guanidine groups is 1. The highest BCUT2D eigenvalue weighted by atomic mass is 16.4. The van der Waals surface area contributed by atoms with Crippen molar-refractivity contribution in [1.82, 2.24) is 46.6 Å².